The van der Waals surface area contributed by atoms with Crippen LogP contribution in [-0.2, 0) is 0 Å². The fourth-order valence-electron chi connectivity index (χ4n) is 4.19. The number of halogens is 1. The molecule has 0 saturated carbocycles. The first-order valence-corrected chi connectivity index (χ1v) is 18.7. The third-order valence-corrected chi connectivity index (χ3v) is 8.35. The molecule has 2 N–H and O–H groups in total. The normalized spacial score (nSPS) is 11.4. The van der Waals surface area contributed by atoms with Crippen LogP contribution in [0, 0.1) is 3.57 Å². The van der Waals surface area contributed by atoms with Gasteiger partial charge in [-0.1, -0.05) is 137 Å². The minimum atomic E-state index is -1.65. The molecule has 3 heteroatoms. The Bertz CT molecular complexity index is 1280. The highest BCUT2D eigenvalue weighted by Gasteiger charge is 2.20. The van der Waals surface area contributed by atoms with Gasteiger partial charge in [-0.15, -0.1) is 0 Å². The van der Waals surface area contributed by atoms with Crippen molar-refractivity contribution in [2.75, 3.05) is 0 Å². The van der Waals surface area contributed by atoms with Gasteiger partial charge in [0.05, 0.1) is 0 Å². The van der Waals surface area contributed by atoms with Gasteiger partial charge in [-0.3, -0.25) is 0 Å². The zero-order valence-corrected chi connectivity index (χ0v) is 27.6. The van der Waals surface area contributed by atoms with Crippen molar-refractivity contribution in [2.45, 2.75) is 78.3 Å². The van der Waals surface area contributed by atoms with Gasteiger partial charge in [0, 0.05) is 16.7 Å². The molecule has 0 aliphatic rings. The Hall–Kier alpha value is -2.21. The van der Waals surface area contributed by atoms with E-state index in [0.717, 1.165) is 0 Å². The summed E-state index contributed by atoms with van der Waals surface area (Å²) in [6, 6.07) is 29.8. The number of benzene rings is 4. The summed E-state index contributed by atoms with van der Waals surface area (Å²) in [5.41, 5.74) is 3.45. The topological polar surface area (TPSA) is 22.9 Å². The number of hydrogen-bond donors (Lipinski definition) is 0. The lowest BCUT2D eigenvalue weighted by atomic mass is 10.0. The van der Waals surface area contributed by atoms with Crippen LogP contribution in [0.25, 0.3) is 27.6 Å². The molecular weight excluding hydrogens is 603 g/mol. The monoisotopic (exact) mass is 651 g/mol. The van der Waals surface area contributed by atoms with E-state index in [4.69, 9.17) is 4.80 Å². The summed E-state index contributed by atoms with van der Waals surface area (Å²) in [7, 11) is -1.65. The lowest BCUT2D eigenvalue weighted by Crippen LogP contribution is -2.21. The minimum Gasteiger partial charge on any atom is -0.539 e. The zero-order chi connectivity index (χ0) is 28.3. The first kappa shape index (κ1) is 33.0. The number of rotatable bonds is 10. The lowest BCUT2D eigenvalue weighted by molar-refractivity contribution is 0.567. The van der Waals surface area contributed by atoms with E-state index in [9.17, 15) is 0 Å². The van der Waals surface area contributed by atoms with Gasteiger partial charge >= 0.3 is 8.32 Å². The molecule has 4 aromatic rings. The molecule has 39 heavy (non-hydrogen) atoms. The highest BCUT2D eigenvalue weighted by atomic mass is 127. The molecule has 0 bridgehead atoms. The molecule has 0 aliphatic carbocycles. The molecule has 4 rings (SSSR count). The van der Waals surface area contributed by atoms with Gasteiger partial charge in [-0.05, 0) is 87.1 Å². The Balaban J connectivity index is 0.000000214. The van der Waals surface area contributed by atoms with E-state index in [2.05, 4.69) is 145 Å². The van der Waals surface area contributed by atoms with Gasteiger partial charge in [0.2, 0.25) is 0 Å². The molecule has 0 spiro atoms. The summed E-state index contributed by atoms with van der Waals surface area (Å²) in [6.45, 7) is 8.55. The van der Waals surface area contributed by atoms with Crippen LogP contribution in [0.2, 0.25) is 13.1 Å². The summed E-state index contributed by atoms with van der Waals surface area (Å²) in [5, 5.41) is 5.33. The van der Waals surface area contributed by atoms with Crippen molar-refractivity contribution in [3.8, 4) is 0 Å². The van der Waals surface area contributed by atoms with Gasteiger partial charge in [0.25, 0.3) is 0 Å². The fourth-order valence-corrected chi connectivity index (χ4v) is 5.65. The van der Waals surface area contributed by atoms with Gasteiger partial charge in [0.15, 0.2) is 0 Å². The largest absolute Gasteiger partial charge is 0.539 e. The second-order valence-electron chi connectivity index (χ2n) is 10.5. The van der Waals surface area contributed by atoms with Crippen LogP contribution in [0.3, 0.4) is 0 Å². The van der Waals surface area contributed by atoms with Crippen molar-refractivity contribution < 1.29 is 4.80 Å². The van der Waals surface area contributed by atoms with E-state index >= 15 is 0 Å². The second-order valence-corrected chi connectivity index (χ2v) is 15.5. The Kier molecular flexibility index (Phi) is 16.0. The summed E-state index contributed by atoms with van der Waals surface area (Å²) < 4.78 is 1.32. The van der Waals surface area contributed by atoms with Crippen LogP contribution in [0.1, 0.15) is 70.8 Å². The first-order chi connectivity index (χ1) is 18.9. The molecular formula is C36H48IOSi+. The Morgan fingerprint density at radius 3 is 1.74 bits per heavy atom. The van der Waals surface area contributed by atoms with E-state index in [1.165, 1.54) is 82.0 Å². The molecule has 0 radical (unpaired) electrons. The standard InChI is InChI=1S/C17H20.C10H7I.C9H20OSi/c1-2-3-4-5-6-10-15-12-9-13-16-11-7-8-14-17(15)16;11-10-7-3-5-8-4-1-2-6-9(8)10;1-4-5-6-7-8-9-11(2,3)10/h6-14H,2-5H2,1H3;1-7H;8-10H,4-7H2,1-3H3/p+1/b10-6-;;9-8-. The summed E-state index contributed by atoms with van der Waals surface area (Å²) in [5.74, 6) is 0. The maximum absolute atomic E-state index is 7.66. The van der Waals surface area contributed by atoms with Crippen molar-refractivity contribution in [2.24, 2.45) is 0 Å². The fraction of sp³-hybridized carbons (Fsp3) is 0.333. The maximum atomic E-state index is 7.66. The van der Waals surface area contributed by atoms with Gasteiger partial charge in [-0.25, -0.2) is 0 Å². The van der Waals surface area contributed by atoms with Crippen LogP contribution in [-0.4, -0.2) is 13.1 Å². The molecule has 4 aromatic carbocycles. The molecule has 208 valence electrons. The van der Waals surface area contributed by atoms with E-state index < -0.39 is 8.32 Å². The quantitative estimate of drug-likeness (QED) is 0.0705. The zero-order valence-electron chi connectivity index (χ0n) is 24.4. The molecule has 0 aromatic heterocycles. The van der Waals surface area contributed by atoms with Crippen LogP contribution in [0.15, 0.2) is 103 Å². The Morgan fingerprint density at radius 1 is 0.641 bits per heavy atom. The minimum absolute atomic E-state index is 1.17. The molecule has 0 unspecified atom stereocenters. The number of allylic oxidation sites excluding steroid dienone is 2. The second kappa shape index (κ2) is 19.0. The summed E-state index contributed by atoms with van der Waals surface area (Å²) >= 11 is 2.36. The predicted octanol–water partition coefficient (Wildman–Crippen LogP) is 11.5. The SMILES string of the molecule is CCCCC/C=C\[Si](C)(C)[OH2+].CCCCC/C=C\c1cccc2ccccc12.Ic1cccc2ccccc12. The average molecular weight is 652 g/mol. The summed E-state index contributed by atoms with van der Waals surface area (Å²) in [6.07, 6.45) is 16.9. The highest BCUT2D eigenvalue weighted by molar-refractivity contribution is 14.1. The Morgan fingerprint density at radius 2 is 1.15 bits per heavy atom. The van der Waals surface area contributed by atoms with Crippen LogP contribution in [0.4, 0.5) is 0 Å². The predicted molar refractivity (Wildman–Crippen MR) is 188 cm³/mol. The van der Waals surface area contributed by atoms with Gasteiger partial charge in [-0.2, -0.15) is 0 Å². The molecule has 0 atom stereocenters. The molecule has 0 aliphatic heterocycles. The van der Waals surface area contributed by atoms with Crippen molar-refractivity contribution in [1.29, 1.82) is 0 Å². The molecule has 0 fully saturated rings. The number of hydrogen-bond acceptors (Lipinski definition) is 0. The molecule has 0 amide bonds. The third kappa shape index (κ3) is 13.6. The molecule has 0 saturated heterocycles. The first-order valence-electron chi connectivity index (χ1n) is 14.6. The maximum Gasteiger partial charge on any atom is 0.403 e. The number of fused-ring (bicyclic) bond motifs is 2. The van der Waals surface area contributed by atoms with Crippen LogP contribution < -0.4 is 0 Å². The van der Waals surface area contributed by atoms with Crippen molar-refractivity contribution >= 4 is 58.5 Å². The van der Waals surface area contributed by atoms with Gasteiger partial charge < -0.3 is 4.80 Å². The Labute approximate surface area is 252 Å². The number of unbranched alkanes of at least 4 members (excludes halogenated alkanes) is 6. The van der Waals surface area contributed by atoms with Gasteiger partial charge in [0.1, 0.15) is 0 Å². The molecule has 1 nitrogen and oxygen atoms in total. The third-order valence-electron chi connectivity index (χ3n) is 6.34. The van der Waals surface area contributed by atoms with Crippen LogP contribution >= 0.6 is 22.6 Å². The highest BCUT2D eigenvalue weighted by Crippen LogP contribution is 2.20. The van der Waals surface area contributed by atoms with Crippen molar-refractivity contribution in [3.63, 3.8) is 0 Å². The molecule has 0 heterocycles. The van der Waals surface area contributed by atoms with E-state index in [-0.39, 0.29) is 0 Å². The average Bonchev–Trinajstić information content (AvgIpc) is 2.93. The lowest BCUT2D eigenvalue weighted by Gasteiger charge is -2.01. The summed E-state index contributed by atoms with van der Waals surface area (Å²) in [4.78, 5) is 7.66. The van der Waals surface area contributed by atoms with E-state index in [1.54, 1.807) is 0 Å². The van der Waals surface area contributed by atoms with E-state index in [0.29, 0.717) is 0 Å². The van der Waals surface area contributed by atoms with Crippen molar-refractivity contribution in [1.82, 2.24) is 0 Å². The van der Waals surface area contributed by atoms with Crippen LogP contribution in [0.5, 0.6) is 0 Å². The van der Waals surface area contributed by atoms with E-state index in [1.807, 2.05) is 13.1 Å². The smallest absolute Gasteiger partial charge is 0.403 e. The van der Waals surface area contributed by atoms with Crippen molar-refractivity contribution in [3.05, 3.63) is 112 Å².